The number of methoxy groups -OCH3 is 2. The molecular weight excluding hydrogens is 420 g/mol. The van der Waals surface area contributed by atoms with Gasteiger partial charge in [-0.1, -0.05) is 30.0 Å². The third-order valence-corrected chi connectivity index (χ3v) is 5.13. The summed E-state index contributed by atoms with van der Waals surface area (Å²) >= 11 is 1.21. The Labute approximate surface area is 182 Å². The first kappa shape index (κ1) is 22.0. The SMILES string of the molecule is COC(=O)c1cc(NC(=O)CSc2nnc(C)n2-c2ccccc2)cc(C(=O)OC)c1. The monoisotopic (exact) mass is 440 g/mol. The molecule has 0 aliphatic heterocycles. The van der Waals surface area contributed by atoms with E-state index < -0.39 is 11.9 Å². The van der Waals surface area contributed by atoms with Crippen molar-refractivity contribution in [1.29, 1.82) is 0 Å². The molecule has 0 unspecified atom stereocenters. The van der Waals surface area contributed by atoms with Crippen molar-refractivity contribution in [2.24, 2.45) is 0 Å². The van der Waals surface area contributed by atoms with Gasteiger partial charge in [0.05, 0.1) is 31.1 Å². The average Bonchev–Trinajstić information content (AvgIpc) is 3.17. The fraction of sp³-hybridized carbons (Fsp3) is 0.190. The molecule has 1 N–H and O–H groups in total. The Morgan fingerprint density at radius 1 is 0.968 bits per heavy atom. The number of esters is 2. The summed E-state index contributed by atoms with van der Waals surface area (Å²) in [6, 6.07) is 13.8. The summed E-state index contributed by atoms with van der Waals surface area (Å²) in [5.41, 5.74) is 1.40. The molecule has 0 saturated heterocycles. The predicted octanol–water partition coefficient (Wildman–Crippen LogP) is 2.88. The number of rotatable bonds is 7. The number of anilines is 1. The van der Waals surface area contributed by atoms with Crippen molar-refractivity contribution in [3.05, 3.63) is 65.5 Å². The minimum absolute atomic E-state index is 0.0426. The van der Waals surface area contributed by atoms with Gasteiger partial charge in [0.1, 0.15) is 5.82 Å². The first-order valence-electron chi connectivity index (χ1n) is 9.14. The molecule has 0 aliphatic carbocycles. The highest BCUT2D eigenvalue weighted by molar-refractivity contribution is 7.99. The van der Waals surface area contributed by atoms with Crippen molar-refractivity contribution in [1.82, 2.24) is 14.8 Å². The van der Waals surface area contributed by atoms with E-state index in [1.165, 1.54) is 44.2 Å². The minimum Gasteiger partial charge on any atom is -0.465 e. The van der Waals surface area contributed by atoms with Crippen LogP contribution in [0, 0.1) is 6.92 Å². The van der Waals surface area contributed by atoms with Crippen LogP contribution in [0.15, 0.2) is 53.7 Å². The number of hydrogen-bond donors (Lipinski definition) is 1. The van der Waals surface area contributed by atoms with Gasteiger partial charge in [0.15, 0.2) is 5.16 Å². The standard InChI is InChI=1S/C21H20N4O5S/c1-13-23-24-21(25(13)17-7-5-4-6-8-17)31-12-18(26)22-16-10-14(19(27)29-2)9-15(11-16)20(28)30-3/h4-11H,12H2,1-3H3,(H,22,26). The Morgan fingerprint density at radius 3 is 2.16 bits per heavy atom. The zero-order chi connectivity index (χ0) is 22.4. The Kier molecular flexibility index (Phi) is 7.03. The van der Waals surface area contributed by atoms with Crippen molar-refractivity contribution in [3.8, 4) is 5.69 Å². The third kappa shape index (κ3) is 5.28. The van der Waals surface area contributed by atoms with Gasteiger partial charge in [0.2, 0.25) is 5.91 Å². The zero-order valence-electron chi connectivity index (χ0n) is 17.1. The van der Waals surface area contributed by atoms with Crippen molar-refractivity contribution in [2.45, 2.75) is 12.1 Å². The van der Waals surface area contributed by atoms with Crippen molar-refractivity contribution in [3.63, 3.8) is 0 Å². The van der Waals surface area contributed by atoms with Gasteiger partial charge in [-0.2, -0.15) is 0 Å². The zero-order valence-corrected chi connectivity index (χ0v) is 17.9. The summed E-state index contributed by atoms with van der Waals surface area (Å²) < 4.78 is 11.3. The van der Waals surface area contributed by atoms with E-state index in [4.69, 9.17) is 9.47 Å². The van der Waals surface area contributed by atoms with Crippen molar-refractivity contribution in [2.75, 3.05) is 25.3 Å². The number of para-hydroxylation sites is 1. The Bertz CT molecular complexity index is 1080. The molecule has 160 valence electrons. The molecule has 9 nitrogen and oxygen atoms in total. The van der Waals surface area contributed by atoms with Gasteiger partial charge in [0.25, 0.3) is 0 Å². The van der Waals surface area contributed by atoms with E-state index in [0.717, 1.165) is 5.69 Å². The average molecular weight is 440 g/mol. The molecule has 0 atom stereocenters. The lowest BCUT2D eigenvalue weighted by Crippen LogP contribution is -2.16. The van der Waals surface area contributed by atoms with Gasteiger partial charge in [0, 0.05) is 11.4 Å². The normalized spacial score (nSPS) is 10.4. The molecule has 0 aliphatic rings. The molecule has 0 saturated carbocycles. The van der Waals surface area contributed by atoms with E-state index in [0.29, 0.717) is 11.0 Å². The molecule has 3 rings (SSSR count). The third-order valence-electron chi connectivity index (χ3n) is 4.20. The summed E-state index contributed by atoms with van der Waals surface area (Å²) in [7, 11) is 2.46. The number of nitrogens with zero attached hydrogens (tertiary/aromatic N) is 3. The van der Waals surface area contributed by atoms with Crippen LogP contribution in [-0.4, -0.2) is 52.6 Å². The molecule has 0 fully saturated rings. The van der Waals surface area contributed by atoms with Gasteiger partial charge in [-0.3, -0.25) is 9.36 Å². The number of ether oxygens (including phenoxy) is 2. The van der Waals surface area contributed by atoms with Crippen LogP contribution in [0.1, 0.15) is 26.5 Å². The number of carbonyl (C=O) groups excluding carboxylic acids is 3. The first-order valence-corrected chi connectivity index (χ1v) is 10.1. The highest BCUT2D eigenvalue weighted by atomic mass is 32.2. The lowest BCUT2D eigenvalue weighted by molar-refractivity contribution is -0.113. The number of amides is 1. The lowest BCUT2D eigenvalue weighted by atomic mass is 10.1. The molecule has 2 aromatic carbocycles. The Balaban J connectivity index is 1.75. The summed E-state index contributed by atoms with van der Waals surface area (Å²) in [6.45, 7) is 1.83. The highest BCUT2D eigenvalue weighted by Gasteiger charge is 2.16. The Morgan fingerprint density at radius 2 is 1.58 bits per heavy atom. The van der Waals surface area contributed by atoms with E-state index >= 15 is 0 Å². The van der Waals surface area contributed by atoms with E-state index in [1.54, 1.807) is 0 Å². The molecule has 0 radical (unpaired) electrons. The van der Waals surface area contributed by atoms with Crippen LogP contribution in [0.3, 0.4) is 0 Å². The molecule has 1 heterocycles. The van der Waals surface area contributed by atoms with Crippen molar-refractivity contribution >= 4 is 35.3 Å². The number of benzene rings is 2. The van der Waals surface area contributed by atoms with Gasteiger partial charge in [-0.15, -0.1) is 10.2 Å². The van der Waals surface area contributed by atoms with Crippen LogP contribution in [0.25, 0.3) is 5.69 Å². The first-order chi connectivity index (χ1) is 14.9. The maximum Gasteiger partial charge on any atom is 0.337 e. The van der Waals surface area contributed by atoms with Crippen molar-refractivity contribution < 1.29 is 23.9 Å². The number of aryl methyl sites for hydroxylation is 1. The molecule has 10 heteroatoms. The smallest absolute Gasteiger partial charge is 0.337 e. The van der Waals surface area contributed by atoms with Gasteiger partial charge in [-0.25, -0.2) is 9.59 Å². The maximum absolute atomic E-state index is 12.5. The quantitative estimate of drug-likeness (QED) is 0.441. The Hall–Kier alpha value is -3.66. The number of thioether (sulfide) groups is 1. The van der Waals surface area contributed by atoms with Crippen LogP contribution in [0.5, 0.6) is 0 Å². The number of nitrogens with one attached hydrogen (secondary N) is 1. The van der Waals surface area contributed by atoms with Crippen LogP contribution in [-0.2, 0) is 14.3 Å². The minimum atomic E-state index is -0.637. The lowest BCUT2D eigenvalue weighted by Gasteiger charge is -2.10. The van der Waals surface area contributed by atoms with Gasteiger partial charge in [-0.05, 0) is 37.3 Å². The summed E-state index contributed by atoms with van der Waals surface area (Å²) in [4.78, 5) is 36.3. The second kappa shape index (κ2) is 9.90. The van der Waals surface area contributed by atoms with E-state index in [9.17, 15) is 14.4 Å². The highest BCUT2D eigenvalue weighted by Crippen LogP contribution is 2.22. The summed E-state index contributed by atoms with van der Waals surface area (Å²) in [6.07, 6.45) is 0. The molecule has 0 spiro atoms. The molecule has 0 bridgehead atoms. The maximum atomic E-state index is 12.5. The van der Waals surface area contributed by atoms with Crippen LogP contribution < -0.4 is 5.32 Å². The van der Waals surface area contributed by atoms with Crippen LogP contribution in [0.4, 0.5) is 5.69 Å². The molecule has 1 amide bonds. The second-order valence-corrected chi connectivity index (χ2v) is 7.26. The van der Waals surface area contributed by atoms with Gasteiger partial charge >= 0.3 is 11.9 Å². The summed E-state index contributed by atoms with van der Waals surface area (Å²) in [5, 5.41) is 11.5. The molecule has 3 aromatic rings. The number of carbonyl (C=O) groups is 3. The summed E-state index contributed by atoms with van der Waals surface area (Å²) in [5.74, 6) is -0.879. The topological polar surface area (TPSA) is 112 Å². The number of aromatic nitrogens is 3. The van der Waals surface area contributed by atoms with E-state index in [-0.39, 0.29) is 28.5 Å². The second-order valence-electron chi connectivity index (χ2n) is 6.32. The fourth-order valence-corrected chi connectivity index (χ4v) is 3.61. The van der Waals surface area contributed by atoms with Gasteiger partial charge < -0.3 is 14.8 Å². The van der Waals surface area contributed by atoms with E-state index in [2.05, 4.69) is 15.5 Å². The largest absolute Gasteiger partial charge is 0.465 e. The molecular formula is C21H20N4O5S. The van der Waals surface area contributed by atoms with Crippen LogP contribution >= 0.6 is 11.8 Å². The molecule has 1 aromatic heterocycles. The fourth-order valence-electron chi connectivity index (χ4n) is 2.81. The van der Waals surface area contributed by atoms with Crippen LogP contribution in [0.2, 0.25) is 0 Å². The number of hydrogen-bond acceptors (Lipinski definition) is 8. The predicted molar refractivity (Wildman–Crippen MR) is 115 cm³/mol. The van der Waals surface area contributed by atoms with E-state index in [1.807, 2.05) is 41.8 Å². The molecule has 31 heavy (non-hydrogen) atoms.